The maximum Gasteiger partial charge on any atom is 0.472 e. The Labute approximate surface area is 358 Å². The summed E-state index contributed by atoms with van der Waals surface area (Å²) in [6.45, 7) is 4.01. The number of allylic oxidation sites excluding steroid dienone is 14. The fourth-order valence-electron chi connectivity index (χ4n) is 5.20. The van der Waals surface area contributed by atoms with E-state index in [0.29, 0.717) is 36.7 Å². The lowest BCUT2D eigenvalue weighted by Crippen LogP contribution is -2.37. The molecule has 0 rings (SSSR count). The maximum atomic E-state index is 12.7. The zero-order valence-electron chi connectivity index (χ0n) is 37.3. The van der Waals surface area contributed by atoms with Crippen molar-refractivity contribution < 1.29 is 47.2 Å². The molecule has 0 aliphatic carbocycles. The molecule has 3 atom stereocenters. The van der Waals surface area contributed by atoms with Gasteiger partial charge in [-0.15, -0.1) is 0 Å². The van der Waals surface area contributed by atoms with E-state index in [1.54, 1.807) is 0 Å². The number of likely N-dealkylation sites (N-methyl/N-ethyl adjacent to an activating group) is 1. The quantitative estimate of drug-likeness (QED) is 0.0156. The van der Waals surface area contributed by atoms with Crippen LogP contribution in [-0.4, -0.2) is 86.1 Å². The van der Waals surface area contributed by atoms with E-state index >= 15 is 0 Å². The van der Waals surface area contributed by atoms with Crippen LogP contribution < -0.4 is 0 Å². The second-order valence-corrected chi connectivity index (χ2v) is 17.0. The molecule has 0 aliphatic rings. The fourth-order valence-corrected chi connectivity index (χ4v) is 5.94. The third-order valence-corrected chi connectivity index (χ3v) is 9.66. The van der Waals surface area contributed by atoms with Crippen LogP contribution in [0.4, 0.5) is 0 Å². The van der Waals surface area contributed by atoms with Crippen molar-refractivity contribution in [3.63, 3.8) is 0 Å². The Morgan fingerprint density at radius 3 is 1.75 bits per heavy atom. The lowest BCUT2D eigenvalue weighted by Gasteiger charge is -2.24. The zero-order valence-corrected chi connectivity index (χ0v) is 38.2. The molecule has 0 aromatic carbocycles. The molecule has 0 fully saturated rings. The van der Waals surface area contributed by atoms with Gasteiger partial charge in [0.1, 0.15) is 19.8 Å². The second-order valence-electron chi connectivity index (χ2n) is 15.5. The SMILES string of the molecule is CC/C=C\C(O)C/C=C/C=C\C/C=C\C/C=C\CCCC(=O)O[C@H](COC(=O)CCC/C=C\C/C=C\C/C=C\CCCCCCCC)COP(=O)(O)OCC[N+](C)(C)C. The molecule has 0 aromatic rings. The van der Waals surface area contributed by atoms with Gasteiger partial charge >= 0.3 is 19.8 Å². The average Bonchev–Trinajstić information content (AvgIpc) is 3.18. The molecule has 0 aromatic heterocycles. The molecule has 2 unspecified atom stereocenters. The standard InChI is InChI=1S/C48H80NO9P/c1-6-8-10-11-12-13-14-15-16-17-18-19-23-26-29-32-35-39-47(51)55-43-46(44-57-59(53,54)56-42-41-49(3,4)5)58-48(52)40-36-33-30-27-24-21-20-22-25-28-31-34-38-45(50)37-9-7-2/h9,15-16,18-21,25-31,34,37,45-46,50H,6-8,10-14,17,22-24,32-33,35-36,38-44H2,1-5H3/p+1/b16-15-,19-18-,21-20-,28-25-,29-26-,30-27-,34-31+,37-9-/t45?,46-/m1/s1. The van der Waals surface area contributed by atoms with E-state index in [1.165, 1.54) is 38.5 Å². The minimum Gasteiger partial charge on any atom is -0.462 e. The summed E-state index contributed by atoms with van der Waals surface area (Å²) in [6, 6.07) is 0. The lowest BCUT2D eigenvalue weighted by molar-refractivity contribution is -0.870. The monoisotopic (exact) mass is 847 g/mol. The first-order chi connectivity index (χ1) is 28.4. The number of quaternary nitrogens is 1. The van der Waals surface area contributed by atoms with Crippen molar-refractivity contribution in [2.45, 2.75) is 148 Å². The van der Waals surface area contributed by atoms with E-state index in [4.69, 9.17) is 18.5 Å². The second kappa shape index (κ2) is 39.1. The third kappa shape index (κ3) is 42.8. The minimum absolute atomic E-state index is 0.000176. The number of unbranched alkanes of at least 4 members (excludes halogenated alkanes) is 8. The van der Waals surface area contributed by atoms with Gasteiger partial charge in [0.25, 0.3) is 0 Å². The fraction of sp³-hybridized carbons (Fsp3) is 0.625. The van der Waals surface area contributed by atoms with E-state index in [0.717, 1.165) is 44.9 Å². The Hall–Kier alpha value is -3.11. The Balaban J connectivity index is 4.60. The van der Waals surface area contributed by atoms with E-state index in [1.807, 2.05) is 76.7 Å². The van der Waals surface area contributed by atoms with E-state index < -0.39 is 38.6 Å². The Morgan fingerprint density at radius 2 is 1.15 bits per heavy atom. The van der Waals surface area contributed by atoms with Crippen molar-refractivity contribution in [1.29, 1.82) is 0 Å². The van der Waals surface area contributed by atoms with Crippen LogP contribution in [0.25, 0.3) is 0 Å². The molecule has 59 heavy (non-hydrogen) atoms. The summed E-state index contributed by atoms with van der Waals surface area (Å²) in [7, 11) is 1.37. The van der Waals surface area contributed by atoms with Crippen LogP contribution in [-0.2, 0) is 32.7 Å². The molecule has 336 valence electrons. The number of phosphoric acid groups is 1. The Kier molecular flexibility index (Phi) is 37.0. The van der Waals surface area contributed by atoms with Gasteiger partial charge in [-0.2, -0.15) is 0 Å². The number of phosphoric ester groups is 1. The molecular weight excluding hydrogens is 766 g/mol. The first-order valence-electron chi connectivity index (χ1n) is 22.1. The van der Waals surface area contributed by atoms with Crippen molar-refractivity contribution in [2.24, 2.45) is 0 Å². The number of hydrogen-bond acceptors (Lipinski definition) is 8. The van der Waals surface area contributed by atoms with E-state index in [-0.39, 0.29) is 26.1 Å². The molecule has 11 heteroatoms. The highest BCUT2D eigenvalue weighted by Crippen LogP contribution is 2.43. The van der Waals surface area contributed by atoms with Crippen molar-refractivity contribution in [3.8, 4) is 0 Å². The van der Waals surface area contributed by atoms with Gasteiger partial charge in [0, 0.05) is 12.8 Å². The molecule has 0 saturated heterocycles. The summed E-state index contributed by atoms with van der Waals surface area (Å²) in [6.07, 6.45) is 48.2. The van der Waals surface area contributed by atoms with Crippen LogP contribution in [0.2, 0.25) is 0 Å². The van der Waals surface area contributed by atoms with Gasteiger partial charge in [-0.3, -0.25) is 18.6 Å². The largest absolute Gasteiger partial charge is 0.472 e. The van der Waals surface area contributed by atoms with Crippen molar-refractivity contribution >= 4 is 19.8 Å². The van der Waals surface area contributed by atoms with Gasteiger partial charge in [-0.1, -0.05) is 143 Å². The first-order valence-corrected chi connectivity index (χ1v) is 23.6. The number of ether oxygens (including phenoxy) is 2. The van der Waals surface area contributed by atoms with Crippen molar-refractivity contribution in [2.75, 3.05) is 47.5 Å². The first kappa shape index (κ1) is 55.9. The minimum atomic E-state index is -4.42. The number of carbonyl (C=O) groups excluding carboxylic acids is 2. The molecule has 0 heterocycles. The van der Waals surface area contributed by atoms with Crippen LogP contribution in [0.1, 0.15) is 136 Å². The summed E-state index contributed by atoms with van der Waals surface area (Å²) >= 11 is 0. The number of hydrogen-bond donors (Lipinski definition) is 2. The van der Waals surface area contributed by atoms with Gasteiger partial charge in [-0.25, -0.2) is 4.57 Å². The molecule has 2 N–H and O–H groups in total. The van der Waals surface area contributed by atoms with Gasteiger partial charge in [0.2, 0.25) is 0 Å². The number of nitrogens with zero attached hydrogens (tertiary/aromatic N) is 1. The topological polar surface area (TPSA) is 129 Å². The Bertz CT molecular complexity index is 1340. The average molecular weight is 847 g/mol. The van der Waals surface area contributed by atoms with Crippen LogP contribution >= 0.6 is 7.82 Å². The molecule has 0 bridgehead atoms. The van der Waals surface area contributed by atoms with Gasteiger partial charge in [-0.05, 0) is 77.0 Å². The molecule has 0 spiro atoms. The smallest absolute Gasteiger partial charge is 0.462 e. The number of carbonyl (C=O) groups is 2. The third-order valence-electron chi connectivity index (χ3n) is 8.67. The van der Waals surface area contributed by atoms with Crippen LogP contribution in [0.15, 0.2) is 97.2 Å². The predicted molar refractivity (Wildman–Crippen MR) is 244 cm³/mol. The molecule has 0 radical (unpaired) electrons. The summed E-state index contributed by atoms with van der Waals surface area (Å²) in [4.78, 5) is 35.3. The van der Waals surface area contributed by atoms with E-state index in [9.17, 15) is 24.2 Å². The number of aliphatic hydroxyl groups excluding tert-OH is 1. The summed E-state index contributed by atoms with van der Waals surface area (Å²) in [5.41, 5.74) is 0. The van der Waals surface area contributed by atoms with Crippen molar-refractivity contribution in [1.82, 2.24) is 0 Å². The molecule has 10 nitrogen and oxygen atoms in total. The van der Waals surface area contributed by atoms with Crippen molar-refractivity contribution in [3.05, 3.63) is 97.2 Å². The van der Waals surface area contributed by atoms with Gasteiger partial charge in [0.15, 0.2) is 6.10 Å². The molecule has 0 amide bonds. The maximum absolute atomic E-state index is 12.7. The summed E-state index contributed by atoms with van der Waals surface area (Å²) in [5, 5.41) is 9.78. The lowest BCUT2D eigenvalue weighted by atomic mass is 10.1. The van der Waals surface area contributed by atoms with Crippen LogP contribution in [0, 0.1) is 0 Å². The molecular formula is C48H81NO9P+. The highest BCUT2D eigenvalue weighted by atomic mass is 31.2. The Morgan fingerprint density at radius 1 is 0.627 bits per heavy atom. The van der Waals surface area contributed by atoms with Gasteiger partial charge < -0.3 is 24.0 Å². The van der Waals surface area contributed by atoms with E-state index in [2.05, 4.69) is 55.5 Å². The van der Waals surface area contributed by atoms with Crippen LogP contribution in [0.3, 0.4) is 0 Å². The number of rotatable bonds is 38. The highest BCUT2D eigenvalue weighted by Gasteiger charge is 2.27. The van der Waals surface area contributed by atoms with Gasteiger partial charge in [0.05, 0.1) is 33.9 Å². The normalized spacial score (nSPS) is 15.0. The number of esters is 2. The predicted octanol–water partition coefficient (Wildman–Crippen LogP) is 11.5. The van der Waals surface area contributed by atoms with Crippen LogP contribution in [0.5, 0.6) is 0 Å². The molecule has 0 saturated carbocycles. The highest BCUT2D eigenvalue weighted by molar-refractivity contribution is 7.47. The number of aliphatic hydroxyl groups is 1. The zero-order chi connectivity index (χ0) is 43.7. The summed E-state index contributed by atoms with van der Waals surface area (Å²) in [5.74, 6) is -0.963. The summed E-state index contributed by atoms with van der Waals surface area (Å²) < 4.78 is 34.1. The molecule has 0 aliphatic heterocycles.